The second kappa shape index (κ2) is 34.1. The number of unbranched alkanes of at least 4 members (excludes halogenated alkanes) is 10. The molecule has 4 N–H and O–H groups in total. The highest BCUT2D eigenvalue weighted by molar-refractivity contribution is 7.47. The summed E-state index contributed by atoms with van der Waals surface area (Å²) in [7, 11) is -4.42. The van der Waals surface area contributed by atoms with Gasteiger partial charge in [0.1, 0.15) is 18.1 Å². The molecule has 0 aliphatic rings. The van der Waals surface area contributed by atoms with E-state index in [1.54, 1.807) is 0 Å². The van der Waals surface area contributed by atoms with Crippen molar-refractivity contribution < 1.29 is 47.1 Å². The van der Waals surface area contributed by atoms with E-state index in [9.17, 15) is 24.2 Å². The van der Waals surface area contributed by atoms with Crippen molar-refractivity contribution in [3.63, 3.8) is 0 Å². The van der Waals surface area contributed by atoms with Crippen LogP contribution in [0.1, 0.15) is 158 Å². The summed E-state index contributed by atoms with van der Waals surface area (Å²) in [5.74, 6) is 1.31. The highest BCUT2D eigenvalue weighted by atomic mass is 31.2. The second-order valence-electron chi connectivity index (χ2n) is 14.6. The third-order valence-corrected chi connectivity index (χ3v) is 10.5. The van der Waals surface area contributed by atoms with Gasteiger partial charge in [-0.25, -0.2) is 4.57 Å². The summed E-state index contributed by atoms with van der Waals surface area (Å²) in [6, 6.07) is 0. The van der Waals surface area contributed by atoms with Crippen LogP contribution in [0.25, 0.3) is 0 Å². The molecule has 0 aliphatic carbocycles. The van der Waals surface area contributed by atoms with Crippen molar-refractivity contribution in [1.29, 1.82) is 0 Å². The van der Waals surface area contributed by atoms with Crippen LogP contribution < -0.4 is 5.73 Å². The Morgan fingerprint density at radius 3 is 2.02 bits per heavy atom. The molecule has 12 heteroatoms. The minimum absolute atomic E-state index is 0.0278. The number of phosphoric acid groups is 1. The van der Waals surface area contributed by atoms with Gasteiger partial charge in [0.25, 0.3) is 0 Å². The van der Waals surface area contributed by atoms with Gasteiger partial charge >= 0.3 is 19.8 Å². The predicted molar refractivity (Wildman–Crippen MR) is 229 cm³/mol. The van der Waals surface area contributed by atoms with Crippen LogP contribution in [0.2, 0.25) is 0 Å². The molecule has 1 unspecified atom stereocenters. The van der Waals surface area contributed by atoms with Crippen LogP contribution in [0, 0.1) is 13.8 Å². The maximum Gasteiger partial charge on any atom is 0.472 e. The largest absolute Gasteiger partial charge is 0.472 e. The first-order chi connectivity index (χ1) is 27.5. The third kappa shape index (κ3) is 28.3. The Labute approximate surface area is 344 Å². The van der Waals surface area contributed by atoms with Gasteiger partial charge in [-0.05, 0) is 76.3 Å². The SMILES string of the molecule is CCCCCc1oc(CCCCCCCCC(=O)OC[C@H](COP(=O)(O)OCCN)OC(=O)CCC/C=C\C/C=C\C/C=C\C=C\[C@@H](O)CCCCC)c(C)c1C. The van der Waals surface area contributed by atoms with E-state index in [1.165, 1.54) is 30.4 Å². The fourth-order valence-corrected chi connectivity index (χ4v) is 6.74. The van der Waals surface area contributed by atoms with E-state index in [4.69, 9.17) is 28.7 Å². The van der Waals surface area contributed by atoms with Gasteiger partial charge in [0.05, 0.1) is 19.3 Å². The van der Waals surface area contributed by atoms with E-state index < -0.39 is 32.5 Å². The zero-order chi connectivity index (χ0) is 42.0. The lowest BCUT2D eigenvalue weighted by atomic mass is 10.0. The van der Waals surface area contributed by atoms with Gasteiger partial charge in [-0.15, -0.1) is 0 Å². The van der Waals surface area contributed by atoms with Crippen LogP contribution in [0.4, 0.5) is 0 Å². The topological polar surface area (TPSA) is 168 Å². The van der Waals surface area contributed by atoms with Crippen molar-refractivity contribution >= 4 is 19.8 Å². The summed E-state index contributed by atoms with van der Waals surface area (Å²) in [5, 5.41) is 9.90. The summed E-state index contributed by atoms with van der Waals surface area (Å²) in [6.07, 6.45) is 33.1. The Kier molecular flexibility index (Phi) is 31.3. The van der Waals surface area contributed by atoms with Crippen LogP contribution in [-0.2, 0) is 45.5 Å². The number of rotatable bonds is 36. The molecular weight excluding hydrogens is 745 g/mol. The molecule has 57 heavy (non-hydrogen) atoms. The Bertz CT molecular complexity index is 1370. The van der Waals surface area contributed by atoms with E-state index >= 15 is 0 Å². The Morgan fingerprint density at radius 1 is 0.737 bits per heavy atom. The first-order valence-corrected chi connectivity index (χ1v) is 23.1. The minimum Gasteiger partial charge on any atom is -0.466 e. The lowest BCUT2D eigenvalue weighted by molar-refractivity contribution is -0.161. The molecule has 0 fully saturated rings. The highest BCUT2D eigenvalue weighted by Gasteiger charge is 2.26. The van der Waals surface area contributed by atoms with Gasteiger partial charge in [0, 0.05) is 32.2 Å². The van der Waals surface area contributed by atoms with Gasteiger partial charge in [0.2, 0.25) is 0 Å². The first kappa shape index (κ1) is 52.2. The second-order valence-corrected chi connectivity index (χ2v) is 16.1. The fraction of sp³-hybridized carbons (Fsp3) is 0.689. The van der Waals surface area contributed by atoms with Crippen LogP contribution in [-0.4, -0.2) is 60.5 Å². The molecule has 0 aromatic carbocycles. The minimum atomic E-state index is -4.42. The lowest BCUT2D eigenvalue weighted by Gasteiger charge is -2.19. The van der Waals surface area contributed by atoms with E-state index in [0.29, 0.717) is 19.3 Å². The maximum absolute atomic E-state index is 12.6. The monoisotopic (exact) mass is 822 g/mol. The number of carbonyl (C=O) groups excluding carboxylic acids is 2. The molecule has 326 valence electrons. The van der Waals surface area contributed by atoms with Gasteiger partial charge in [-0.2, -0.15) is 0 Å². The summed E-state index contributed by atoms with van der Waals surface area (Å²) in [4.78, 5) is 35.0. The number of ether oxygens (including phenoxy) is 2. The third-order valence-electron chi connectivity index (χ3n) is 9.52. The van der Waals surface area contributed by atoms with Crippen molar-refractivity contribution in [2.75, 3.05) is 26.4 Å². The molecule has 3 atom stereocenters. The van der Waals surface area contributed by atoms with E-state index in [0.717, 1.165) is 95.0 Å². The van der Waals surface area contributed by atoms with Crippen molar-refractivity contribution in [2.45, 2.75) is 175 Å². The van der Waals surface area contributed by atoms with Crippen LogP contribution in [0.5, 0.6) is 0 Å². The zero-order valence-electron chi connectivity index (χ0n) is 35.6. The zero-order valence-corrected chi connectivity index (χ0v) is 36.5. The number of aliphatic hydroxyl groups is 1. The molecule has 0 saturated carbocycles. The molecule has 0 spiro atoms. The lowest BCUT2D eigenvalue weighted by Crippen LogP contribution is -2.29. The smallest absolute Gasteiger partial charge is 0.466 e. The van der Waals surface area contributed by atoms with Crippen LogP contribution in [0.15, 0.2) is 53.0 Å². The molecule has 0 bridgehead atoms. The van der Waals surface area contributed by atoms with E-state index in [1.807, 2.05) is 36.5 Å². The predicted octanol–water partition coefficient (Wildman–Crippen LogP) is 10.6. The van der Waals surface area contributed by atoms with Crippen molar-refractivity contribution in [3.8, 4) is 0 Å². The Balaban J connectivity index is 2.35. The standard InChI is InChI=1S/C45H76NO10P/c1-5-7-22-28-40(47)29-24-18-14-12-10-9-11-13-15-21-27-33-45(49)55-41(37-54-57(50,51)53-35-34-46)36-52-44(48)32-26-20-17-16-19-25-31-43-39(4)38(3)42(56-43)30-23-8-6-2/h9-10,13-15,18,24,29,40-41,47H,5-8,11-12,16-17,19-23,25-28,30-37,46H2,1-4H3,(H,50,51)/b10-9-,15-13-,18-14-,29-24+/t40-,41+/m0/s1. The number of allylic oxidation sites excluding steroid dienone is 7. The number of hydrogen-bond acceptors (Lipinski definition) is 10. The average Bonchev–Trinajstić information content (AvgIpc) is 3.45. The molecule has 0 aliphatic heterocycles. The molecule has 1 aromatic heterocycles. The maximum atomic E-state index is 12.6. The van der Waals surface area contributed by atoms with E-state index in [2.05, 4.69) is 39.8 Å². The van der Waals surface area contributed by atoms with Gasteiger partial charge < -0.3 is 29.6 Å². The normalized spacial score (nSPS) is 14.3. The number of hydrogen-bond donors (Lipinski definition) is 3. The van der Waals surface area contributed by atoms with Crippen molar-refractivity contribution in [1.82, 2.24) is 0 Å². The number of phosphoric ester groups is 1. The first-order valence-electron chi connectivity index (χ1n) is 21.6. The number of aliphatic hydroxyl groups excluding tert-OH is 1. The summed E-state index contributed by atoms with van der Waals surface area (Å²) < 4.78 is 38.9. The van der Waals surface area contributed by atoms with Gasteiger partial charge in [-0.3, -0.25) is 18.6 Å². The number of carbonyl (C=O) groups is 2. The quantitative estimate of drug-likeness (QED) is 0.0194. The van der Waals surface area contributed by atoms with Gasteiger partial charge in [-0.1, -0.05) is 120 Å². The number of esters is 2. The molecule has 0 amide bonds. The molecular formula is C45H76NO10P. The van der Waals surface area contributed by atoms with Gasteiger partial charge in [0.15, 0.2) is 6.10 Å². The number of furan rings is 1. The summed E-state index contributed by atoms with van der Waals surface area (Å²) in [6.45, 7) is 7.75. The fourth-order valence-electron chi connectivity index (χ4n) is 5.97. The highest BCUT2D eigenvalue weighted by Crippen LogP contribution is 2.43. The van der Waals surface area contributed by atoms with E-state index in [-0.39, 0.29) is 38.7 Å². The van der Waals surface area contributed by atoms with Crippen LogP contribution in [0.3, 0.4) is 0 Å². The number of aryl methyl sites for hydroxylation is 2. The Hall–Kier alpha value is -2.79. The number of nitrogens with two attached hydrogens (primary N) is 1. The molecule has 0 saturated heterocycles. The molecule has 1 aromatic rings. The molecule has 1 rings (SSSR count). The van der Waals surface area contributed by atoms with Crippen molar-refractivity contribution in [2.24, 2.45) is 5.73 Å². The summed E-state index contributed by atoms with van der Waals surface area (Å²) in [5.41, 5.74) is 7.93. The average molecular weight is 822 g/mol. The Morgan fingerprint density at radius 2 is 1.33 bits per heavy atom. The van der Waals surface area contributed by atoms with Crippen LogP contribution >= 0.6 is 7.82 Å². The molecule has 0 radical (unpaired) electrons. The molecule has 1 heterocycles. The molecule has 11 nitrogen and oxygen atoms in total. The summed E-state index contributed by atoms with van der Waals surface area (Å²) >= 11 is 0. The van der Waals surface area contributed by atoms with Crippen molar-refractivity contribution in [3.05, 3.63) is 71.3 Å².